The van der Waals surface area contributed by atoms with Gasteiger partial charge in [-0.15, -0.1) is 0 Å². The maximum Gasteiger partial charge on any atom is 0.349 e. The van der Waals surface area contributed by atoms with Crippen LogP contribution in [0.2, 0.25) is 0 Å². The summed E-state index contributed by atoms with van der Waals surface area (Å²) in [6.07, 6.45) is -4.68. The third-order valence-electron chi connectivity index (χ3n) is 4.57. The van der Waals surface area contributed by atoms with Crippen molar-refractivity contribution < 1.29 is 20.4 Å². The molecule has 3 atom stereocenters. The second-order valence-corrected chi connectivity index (χ2v) is 6.50. The number of benzene rings is 1. The molecule has 5 N–H and O–H groups in total. The number of nitrogens with zero attached hydrogens (tertiary/aromatic N) is 3. The van der Waals surface area contributed by atoms with Crippen LogP contribution >= 0.6 is 0 Å². The van der Waals surface area contributed by atoms with Gasteiger partial charge in [0, 0.05) is 0 Å². The van der Waals surface area contributed by atoms with Crippen molar-refractivity contribution in [2.24, 2.45) is 0 Å². The average molecular weight is 378 g/mol. The molecule has 0 unspecified atom stereocenters. The molecule has 0 saturated carbocycles. The summed E-state index contributed by atoms with van der Waals surface area (Å²) < 4.78 is 1.40. The maximum absolute atomic E-state index is 12.2. The fourth-order valence-electron chi connectivity index (χ4n) is 2.89. The van der Waals surface area contributed by atoms with E-state index in [9.17, 15) is 24.9 Å². The highest BCUT2D eigenvalue weighted by atomic mass is 16.4. The Labute approximate surface area is 152 Å². The first-order valence-corrected chi connectivity index (χ1v) is 8.29. The van der Waals surface area contributed by atoms with E-state index in [0.29, 0.717) is 11.0 Å². The zero-order valence-corrected chi connectivity index (χ0v) is 14.7. The molecule has 2 aliphatic heterocycles. The summed E-state index contributed by atoms with van der Waals surface area (Å²) in [6, 6.07) is 3.53. The molecule has 27 heavy (non-hydrogen) atoms. The Morgan fingerprint density at radius 1 is 1.07 bits per heavy atom. The number of fused-ring (bicyclic) bond motifs is 2. The first-order chi connectivity index (χ1) is 12.7. The molecule has 0 bridgehead atoms. The summed E-state index contributed by atoms with van der Waals surface area (Å²) >= 11 is 0. The normalized spacial score (nSPS) is 15.2. The van der Waals surface area contributed by atoms with Crippen LogP contribution in [-0.4, -0.2) is 64.9 Å². The van der Waals surface area contributed by atoms with E-state index in [0.717, 1.165) is 11.1 Å². The Bertz CT molecular complexity index is 1080. The number of hydrogen-bond acceptors (Lipinski definition) is 8. The Morgan fingerprint density at radius 3 is 2.41 bits per heavy atom. The van der Waals surface area contributed by atoms with Gasteiger partial charge in [0.25, 0.3) is 5.56 Å². The number of aryl methyl sites for hydroxylation is 2. The van der Waals surface area contributed by atoms with Crippen LogP contribution in [0.15, 0.2) is 21.7 Å². The fraction of sp³-hybridized carbons (Fsp3) is 0.412. The zero-order valence-electron chi connectivity index (χ0n) is 14.7. The number of aliphatic hydroxyl groups excluding tert-OH is 4. The third-order valence-corrected chi connectivity index (χ3v) is 4.57. The molecule has 0 fully saturated rings. The van der Waals surface area contributed by atoms with Crippen molar-refractivity contribution in [2.45, 2.75) is 38.7 Å². The average Bonchev–Trinajstić information content (AvgIpc) is 2.62. The lowest BCUT2D eigenvalue weighted by molar-refractivity contribution is -0.0802. The molecule has 0 saturated heterocycles. The second-order valence-electron chi connectivity index (χ2n) is 6.50. The molecule has 3 rings (SSSR count). The van der Waals surface area contributed by atoms with E-state index >= 15 is 0 Å². The molecule has 0 radical (unpaired) electrons. The molecule has 10 heteroatoms. The molecule has 10 nitrogen and oxygen atoms in total. The van der Waals surface area contributed by atoms with E-state index in [1.807, 2.05) is 13.8 Å². The number of H-pyrrole nitrogens is 1. The Hall–Kier alpha value is -2.66. The van der Waals surface area contributed by atoms with Crippen molar-refractivity contribution in [3.05, 3.63) is 44.1 Å². The molecule has 1 aromatic rings. The summed E-state index contributed by atoms with van der Waals surface area (Å²) in [5.74, 6) is -0.0516. The molecule has 0 amide bonds. The van der Waals surface area contributed by atoms with Crippen LogP contribution in [0, 0.1) is 13.8 Å². The predicted octanol–water partition coefficient (Wildman–Crippen LogP) is -1.72. The van der Waals surface area contributed by atoms with Gasteiger partial charge in [0.1, 0.15) is 18.3 Å². The van der Waals surface area contributed by atoms with Gasteiger partial charge in [-0.3, -0.25) is 9.78 Å². The SMILES string of the molecule is Cc1c[13c]2nc3c(=O)[nH]c(=O)nc-3n(C[C@H](O)[C@H](O)[C@H](O)CO)c2c[13c]1C. The lowest BCUT2D eigenvalue weighted by atomic mass is 10.1. The van der Waals surface area contributed by atoms with Gasteiger partial charge in [-0.1, -0.05) is 0 Å². The van der Waals surface area contributed by atoms with Crippen LogP contribution in [0.25, 0.3) is 22.6 Å². The van der Waals surface area contributed by atoms with Gasteiger partial charge in [-0.25, -0.2) is 9.78 Å². The number of aliphatic hydroxyl groups is 4. The number of rotatable bonds is 5. The van der Waals surface area contributed by atoms with Gasteiger partial charge in [0.2, 0.25) is 0 Å². The molecular formula is C17H20N4O6. The van der Waals surface area contributed by atoms with Crippen LogP contribution in [0.3, 0.4) is 0 Å². The molecular weight excluding hydrogens is 358 g/mol. The monoisotopic (exact) mass is 378 g/mol. The minimum absolute atomic E-state index is 0.0516. The van der Waals surface area contributed by atoms with Crippen molar-refractivity contribution in [3.63, 3.8) is 0 Å². The van der Waals surface area contributed by atoms with E-state index in [1.54, 1.807) is 12.1 Å². The molecule has 0 aromatic heterocycles. The van der Waals surface area contributed by atoms with E-state index in [1.165, 1.54) is 4.57 Å². The summed E-state index contributed by atoms with van der Waals surface area (Å²) in [5, 5.41) is 38.8. The zero-order chi connectivity index (χ0) is 19.9. The van der Waals surface area contributed by atoms with Crippen LogP contribution in [0.4, 0.5) is 0 Å². The topological polar surface area (TPSA) is 162 Å². The van der Waals surface area contributed by atoms with Crippen LogP contribution < -0.4 is 11.2 Å². The smallest absolute Gasteiger partial charge is 0.349 e. The highest BCUT2D eigenvalue weighted by Crippen LogP contribution is 2.24. The van der Waals surface area contributed by atoms with E-state index in [-0.39, 0.29) is 18.1 Å². The Morgan fingerprint density at radius 2 is 1.74 bits per heavy atom. The van der Waals surface area contributed by atoms with Gasteiger partial charge in [-0.2, -0.15) is 4.98 Å². The van der Waals surface area contributed by atoms with Gasteiger partial charge >= 0.3 is 5.69 Å². The van der Waals surface area contributed by atoms with Crippen molar-refractivity contribution in [3.8, 4) is 11.5 Å². The highest BCUT2D eigenvalue weighted by Gasteiger charge is 2.27. The minimum Gasteiger partial charge on any atom is -0.394 e. The van der Waals surface area contributed by atoms with Crippen molar-refractivity contribution >= 4 is 11.0 Å². The highest BCUT2D eigenvalue weighted by molar-refractivity contribution is 5.81. The Kier molecular flexibility index (Phi) is 5.07. The van der Waals surface area contributed by atoms with Crippen LogP contribution in [-0.2, 0) is 6.54 Å². The first kappa shape index (κ1) is 19.1. The van der Waals surface area contributed by atoms with Gasteiger partial charge < -0.3 is 25.0 Å². The van der Waals surface area contributed by atoms with E-state index in [4.69, 9.17) is 5.11 Å². The van der Waals surface area contributed by atoms with Crippen LogP contribution in [0.5, 0.6) is 0 Å². The van der Waals surface area contributed by atoms with Gasteiger partial charge in [0.15, 0.2) is 11.5 Å². The molecule has 0 spiro atoms. The Balaban J connectivity index is 2.28. The number of aromatic amines is 1. The number of nitrogens with one attached hydrogen (secondary N) is 1. The summed E-state index contributed by atoms with van der Waals surface area (Å²) in [7, 11) is 0. The first-order valence-electron chi connectivity index (χ1n) is 8.29. The fourth-order valence-corrected chi connectivity index (χ4v) is 2.89. The number of aromatic nitrogens is 4. The standard InChI is InChI=1S/C17H20N4O6/c1-7-3-9-10(4-8(7)2)21(5-11(23)14(25)12(24)6-22)15-13(18-9)16(26)20-17(27)19-15/h3-4,11-12,14,22-25H,5-6H2,1-2H3,(H,20,26,27)/t11-,12+,14-/m0/s1/i8+1,9+1. The molecule has 0 aliphatic carbocycles. The van der Waals surface area contributed by atoms with E-state index < -0.39 is 36.2 Å². The maximum atomic E-state index is 12.2. The molecule has 2 aliphatic rings. The molecule has 2 heterocycles. The summed E-state index contributed by atoms with van der Waals surface area (Å²) in [6.45, 7) is 2.73. The lowest BCUT2D eigenvalue weighted by Gasteiger charge is -2.25. The molecule has 144 valence electrons. The van der Waals surface area contributed by atoms with Crippen molar-refractivity contribution in [1.29, 1.82) is 0 Å². The predicted molar refractivity (Wildman–Crippen MR) is 95.6 cm³/mol. The van der Waals surface area contributed by atoms with Gasteiger partial charge in [-0.05, 0) is 37.1 Å². The minimum atomic E-state index is -1.64. The molecule has 1 aromatic carbocycles. The quantitative estimate of drug-likeness (QED) is 0.327. The second kappa shape index (κ2) is 7.16. The van der Waals surface area contributed by atoms with E-state index in [2.05, 4.69) is 15.0 Å². The van der Waals surface area contributed by atoms with Crippen molar-refractivity contribution in [2.75, 3.05) is 6.61 Å². The number of hydrogen-bond donors (Lipinski definition) is 5. The van der Waals surface area contributed by atoms with Gasteiger partial charge in [0.05, 0.1) is 24.2 Å². The third kappa shape index (κ3) is 3.47. The van der Waals surface area contributed by atoms with Crippen LogP contribution in [0.1, 0.15) is 11.1 Å². The lowest BCUT2D eigenvalue weighted by Crippen LogP contribution is -2.42. The summed E-state index contributed by atoms with van der Waals surface area (Å²) in [5.41, 5.74) is 1.11. The van der Waals surface area contributed by atoms with Crippen molar-refractivity contribution in [1.82, 2.24) is 19.5 Å². The largest absolute Gasteiger partial charge is 0.394 e. The summed E-state index contributed by atoms with van der Waals surface area (Å²) in [4.78, 5) is 34.0.